The topological polar surface area (TPSA) is 28.4 Å². The van der Waals surface area contributed by atoms with E-state index in [0.29, 0.717) is 11.6 Å². The van der Waals surface area contributed by atoms with Crippen molar-refractivity contribution in [1.82, 2.24) is 10.2 Å². The molecule has 3 rings (SSSR count). The molecular weight excluding hydrogens is 236 g/mol. The molecular formula is C16H26N2O. The fourth-order valence-electron chi connectivity index (χ4n) is 3.79. The van der Waals surface area contributed by atoms with E-state index in [4.69, 9.17) is 4.42 Å². The van der Waals surface area contributed by atoms with Crippen LogP contribution in [0.25, 0.3) is 0 Å². The van der Waals surface area contributed by atoms with E-state index < -0.39 is 0 Å². The van der Waals surface area contributed by atoms with E-state index in [1.807, 2.05) is 6.07 Å². The first kappa shape index (κ1) is 13.2. The van der Waals surface area contributed by atoms with Gasteiger partial charge >= 0.3 is 0 Å². The minimum Gasteiger partial charge on any atom is -0.468 e. The molecule has 1 aromatic rings. The van der Waals surface area contributed by atoms with Crippen LogP contribution < -0.4 is 5.32 Å². The summed E-state index contributed by atoms with van der Waals surface area (Å²) < 4.78 is 5.54. The monoisotopic (exact) mass is 262 g/mol. The molecule has 1 unspecified atom stereocenters. The first-order valence-electron chi connectivity index (χ1n) is 7.83. The third-order valence-corrected chi connectivity index (χ3v) is 4.96. The lowest BCUT2D eigenvalue weighted by atomic mass is 9.79. The fraction of sp³-hybridized carbons (Fsp3) is 0.750. The zero-order chi connectivity index (χ0) is 13.1. The van der Waals surface area contributed by atoms with Gasteiger partial charge in [0.15, 0.2) is 0 Å². The molecule has 106 valence electrons. The van der Waals surface area contributed by atoms with Crippen molar-refractivity contribution < 1.29 is 4.42 Å². The Labute approximate surface area is 116 Å². The van der Waals surface area contributed by atoms with Gasteiger partial charge in [0.05, 0.1) is 12.8 Å². The average Bonchev–Trinajstić information content (AvgIpc) is 2.93. The highest BCUT2D eigenvalue weighted by Gasteiger charge is 2.39. The zero-order valence-electron chi connectivity index (χ0n) is 12.0. The molecule has 3 nitrogen and oxygen atoms in total. The maximum atomic E-state index is 5.54. The lowest BCUT2D eigenvalue weighted by molar-refractivity contribution is 0.0439. The van der Waals surface area contributed by atoms with Gasteiger partial charge in [-0.15, -0.1) is 0 Å². The molecule has 3 heteroatoms. The molecule has 0 aromatic carbocycles. The first-order valence-corrected chi connectivity index (χ1v) is 7.83. The van der Waals surface area contributed by atoms with Crippen LogP contribution >= 0.6 is 0 Å². The second-order valence-corrected chi connectivity index (χ2v) is 6.27. The number of hydrogen-bond acceptors (Lipinski definition) is 3. The molecule has 19 heavy (non-hydrogen) atoms. The number of nitrogens with one attached hydrogen (secondary N) is 1. The summed E-state index contributed by atoms with van der Waals surface area (Å²) in [5.74, 6) is 1.10. The van der Waals surface area contributed by atoms with Crippen LogP contribution in [-0.2, 0) is 6.54 Å². The Hall–Kier alpha value is -0.800. The van der Waals surface area contributed by atoms with Gasteiger partial charge in [0, 0.05) is 24.7 Å². The molecule has 1 spiro atoms. The third-order valence-electron chi connectivity index (χ3n) is 4.96. The molecule has 1 saturated carbocycles. The Morgan fingerprint density at radius 3 is 2.89 bits per heavy atom. The number of nitrogens with zero attached hydrogens (tertiary/aromatic N) is 1. The van der Waals surface area contributed by atoms with Crippen molar-refractivity contribution in [3.8, 4) is 0 Å². The molecule has 2 aliphatic rings. The minimum absolute atomic E-state index is 0.385. The predicted molar refractivity (Wildman–Crippen MR) is 77.0 cm³/mol. The summed E-state index contributed by atoms with van der Waals surface area (Å²) in [6, 6.07) is 4.75. The molecule has 1 saturated heterocycles. The van der Waals surface area contributed by atoms with E-state index in [1.54, 1.807) is 6.26 Å². The highest BCUT2D eigenvalue weighted by Crippen LogP contribution is 2.32. The van der Waals surface area contributed by atoms with Crippen LogP contribution in [0.4, 0.5) is 0 Å². The second kappa shape index (κ2) is 5.68. The first-order chi connectivity index (χ1) is 9.31. The van der Waals surface area contributed by atoms with Gasteiger partial charge in [0.2, 0.25) is 0 Å². The standard InChI is InChI=1S/C16H26N2O/c1-2-14-11-17-16(8-4-3-5-9-16)13-18(14)12-15-7-6-10-19-15/h6-7,10,14,17H,2-5,8-9,11-13H2,1H3. The average molecular weight is 262 g/mol. The Morgan fingerprint density at radius 2 is 2.21 bits per heavy atom. The van der Waals surface area contributed by atoms with Crippen molar-refractivity contribution in [3.05, 3.63) is 24.2 Å². The van der Waals surface area contributed by atoms with Crippen LogP contribution in [0.15, 0.2) is 22.8 Å². The minimum atomic E-state index is 0.385. The molecule has 0 amide bonds. The van der Waals surface area contributed by atoms with Gasteiger partial charge in [0.25, 0.3) is 0 Å². The summed E-state index contributed by atoms with van der Waals surface area (Å²) >= 11 is 0. The van der Waals surface area contributed by atoms with E-state index in [1.165, 1.54) is 45.1 Å². The van der Waals surface area contributed by atoms with E-state index >= 15 is 0 Å². The summed E-state index contributed by atoms with van der Waals surface area (Å²) in [6.45, 7) is 5.58. The van der Waals surface area contributed by atoms with Crippen molar-refractivity contribution in [2.24, 2.45) is 0 Å². The van der Waals surface area contributed by atoms with Crippen molar-refractivity contribution in [3.63, 3.8) is 0 Å². The second-order valence-electron chi connectivity index (χ2n) is 6.27. The molecule has 1 atom stereocenters. The molecule has 0 radical (unpaired) electrons. The molecule has 1 N–H and O–H groups in total. The summed E-state index contributed by atoms with van der Waals surface area (Å²) in [5, 5.41) is 3.87. The lowest BCUT2D eigenvalue weighted by Gasteiger charge is -2.49. The molecule has 1 aliphatic heterocycles. The van der Waals surface area contributed by atoms with E-state index in [9.17, 15) is 0 Å². The van der Waals surface area contributed by atoms with Gasteiger partial charge in [0.1, 0.15) is 5.76 Å². The van der Waals surface area contributed by atoms with Crippen LogP contribution in [0.2, 0.25) is 0 Å². The van der Waals surface area contributed by atoms with Crippen LogP contribution in [0.3, 0.4) is 0 Å². The van der Waals surface area contributed by atoms with Gasteiger partial charge in [-0.1, -0.05) is 26.2 Å². The Kier molecular flexibility index (Phi) is 3.94. The van der Waals surface area contributed by atoms with E-state index in [0.717, 1.165) is 18.8 Å². The highest BCUT2D eigenvalue weighted by atomic mass is 16.3. The summed E-state index contributed by atoms with van der Waals surface area (Å²) in [6.07, 6.45) is 9.88. The van der Waals surface area contributed by atoms with Crippen LogP contribution in [0.1, 0.15) is 51.2 Å². The van der Waals surface area contributed by atoms with E-state index in [-0.39, 0.29) is 0 Å². The van der Waals surface area contributed by atoms with Crippen molar-refractivity contribution in [2.75, 3.05) is 13.1 Å². The Morgan fingerprint density at radius 1 is 1.37 bits per heavy atom. The smallest absolute Gasteiger partial charge is 0.117 e. The normalized spacial score (nSPS) is 27.7. The highest BCUT2D eigenvalue weighted by molar-refractivity contribution is 5.03. The van der Waals surface area contributed by atoms with E-state index in [2.05, 4.69) is 23.2 Å². The molecule has 2 heterocycles. The zero-order valence-corrected chi connectivity index (χ0v) is 12.0. The molecule has 0 bridgehead atoms. The summed E-state index contributed by atoms with van der Waals surface area (Å²) in [4.78, 5) is 2.64. The van der Waals surface area contributed by atoms with Crippen molar-refractivity contribution in [1.29, 1.82) is 0 Å². The van der Waals surface area contributed by atoms with Gasteiger partial charge < -0.3 is 9.73 Å². The maximum absolute atomic E-state index is 5.54. The largest absolute Gasteiger partial charge is 0.468 e. The molecule has 2 fully saturated rings. The van der Waals surface area contributed by atoms with Gasteiger partial charge in [-0.2, -0.15) is 0 Å². The predicted octanol–water partition coefficient (Wildman–Crippen LogP) is 3.17. The third kappa shape index (κ3) is 2.87. The van der Waals surface area contributed by atoms with Crippen molar-refractivity contribution >= 4 is 0 Å². The van der Waals surface area contributed by atoms with Crippen LogP contribution in [0.5, 0.6) is 0 Å². The number of hydrogen-bond donors (Lipinski definition) is 1. The van der Waals surface area contributed by atoms with Gasteiger partial charge in [-0.3, -0.25) is 4.90 Å². The maximum Gasteiger partial charge on any atom is 0.117 e. The lowest BCUT2D eigenvalue weighted by Crippen LogP contribution is -2.64. The van der Waals surface area contributed by atoms with Crippen LogP contribution in [-0.4, -0.2) is 29.6 Å². The molecule has 1 aliphatic carbocycles. The van der Waals surface area contributed by atoms with Crippen molar-refractivity contribution in [2.45, 2.75) is 63.6 Å². The Bertz CT molecular complexity index is 381. The molecule has 1 aromatic heterocycles. The number of furan rings is 1. The number of rotatable bonds is 3. The van der Waals surface area contributed by atoms with Crippen LogP contribution in [0, 0.1) is 0 Å². The fourth-order valence-corrected chi connectivity index (χ4v) is 3.79. The van der Waals surface area contributed by atoms with Gasteiger partial charge in [-0.25, -0.2) is 0 Å². The number of piperazine rings is 1. The Balaban J connectivity index is 1.70. The quantitative estimate of drug-likeness (QED) is 0.907. The van der Waals surface area contributed by atoms with Gasteiger partial charge in [-0.05, 0) is 31.4 Å². The SMILES string of the molecule is CCC1CNC2(CCCCC2)CN1Cc1ccco1. The summed E-state index contributed by atoms with van der Waals surface area (Å²) in [7, 11) is 0. The summed E-state index contributed by atoms with van der Waals surface area (Å²) in [5.41, 5.74) is 0.385.